The number of ether oxygens (including phenoxy) is 1. The third-order valence-corrected chi connectivity index (χ3v) is 3.71. The van der Waals surface area contributed by atoms with Crippen LogP contribution in [0.3, 0.4) is 0 Å². The second-order valence-electron chi connectivity index (χ2n) is 5.53. The van der Waals surface area contributed by atoms with Gasteiger partial charge in [0.05, 0.1) is 19.1 Å². The van der Waals surface area contributed by atoms with Crippen molar-refractivity contribution < 1.29 is 24.2 Å². The van der Waals surface area contributed by atoms with Crippen LogP contribution in [0, 0.1) is 0 Å². The summed E-state index contributed by atoms with van der Waals surface area (Å²) in [5.74, 6) is -2.11. The summed E-state index contributed by atoms with van der Waals surface area (Å²) in [4.78, 5) is 34.7. The highest BCUT2D eigenvalue weighted by Crippen LogP contribution is 2.24. The van der Waals surface area contributed by atoms with E-state index in [0.29, 0.717) is 11.3 Å². The van der Waals surface area contributed by atoms with E-state index >= 15 is 0 Å². The lowest BCUT2D eigenvalue weighted by Gasteiger charge is -2.15. The molecule has 0 saturated carbocycles. The van der Waals surface area contributed by atoms with Crippen LogP contribution in [0.15, 0.2) is 54.6 Å². The molecule has 2 rings (SSSR count). The molecule has 0 radical (unpaired) electrons. The predicted octanol–water partition coefficient (Wildman–Crippen LogP) is 3.06. The van der Waals surface area contributed by atoms with Crippen molar-refractivity contribution in [3.05, 3.63) is 65.7 Å². The van der Waals surface area contributed by atoms with Gasteiger partial charge in [0, 0.05) is 18.0 Å². The molecule has 2 aromatic rings. The van der Waals surface area contributed by atoms with Gasteiger partial charge in [-0.1, -0.05) is 30.3 Å². The molecule has 0 fully saturated rings. The van der Waals surface area contributed by atoms with Gasteiger partial charge in [0.25, 0.3) is 0 Å². The Morgan fingerprint density at radius 2 is 1.64 bits per heavy atom. The largest absolute Gasteiger partial charge is 0.481 e. The van der Waals surface area contributed by atoms with Crippen LogP contribution in [0.1, 0.15) is 34.7 Å². The number of amides is 1. The Kier molecular flexibility index (Phi) is 6.28. The summed E-state index contributed by atoms with van der Waals surface area (Å²) in [7, 11) is 1.30. The molecule has 0 bridgehead atoms. The average molecular weight is 341 g/mol. The summed E-state index contributed by atoms with van der Waals surface area (Å²) in [6.07, 6.45) is -0.0756. The van der Waals surface area contributed by atoms with Gasteiger partial charge < -0.3 is 15.2 Å². The first kappa shape index (κ1) is 18.2. The molecule has 0 aliphatic carbocycles. The van der Waals surface area contributed by atoms with E-state index in [-0.39, 0.29) is 18.7 Å². The molecule has 0 heterocycles. The third kappa shape index (κ3) is 5.46. The summed E-state index contributed by atoms with van der Waals surface area (Å²) in [5.41, 5.74) is 1.72. The molecule has 2 aromatic carbocycles. The molecule has 0 spiro atoms. The van der Waals surface area contributed by atoms with Gasteiger partial charge in [0.2, 0.25) is 5.91 Å². The standard InChI is InChI=1S/C19H19NO5/c1-25-19(24)14-7-9-16(10-8-14)20-17(21)11-15(12-18(22)23)13-5-3-2-4-6-13/h2-10,15H,11-12H2,1H3,(H,20,21)(H,22,23). The lowest BCUT2D eigenvalue weighted by molar-refractivity contribution is -0.137. The number of carboxylic acid groups (broad SMARTS) is 1. The summed E-state index contributed by atoms with van der Waals surface area (Å²) < 4.78 is 4.61. The lowest BCUT2D eigenvalue weighted by atomic mass is 9.92. The second-order valence-corrected chi connectivity index (χ2v) is 5.53. The van der Waals surface area contributed by atoms with Crippen molar-refractivity contribution in [3.8, 4) is 0 Å². The second kappa shape index (κ2) is 8.63. The third-order valence-electron chi connectivity index (χ3n) is 3.71. The number of benzene rings is 2. The average Bonchev–Trinajstić information content (AvgIpc) is 2.61. The van der Waals surface area contributed by atoms with Gasteiger partial charge in [-0.25, -0.2) is 4.79 Å². The molecular formula is C19H19NO5. The highest BCUT2D eigenvalue weighted by molar-refractivity contribution is 5.93. The Bertz CT molecular complexity index is 740. The monoisotopic (exact) mass is 341 g/mol. The number of nitrogens with one attached hydrogen (secondary N) is 1. The number of carbonyl (C=O) groups is 3. The smallest absolute Gasteiger partial charge is 0.337 e. The van der Waals surface area contributed by atoms with Crippen LogP contribution in [0.5, 0.6) is 0 Å². The minimum Gasteiger partial charge on any atom is -0.481 e. The number of hydrogen-bond acceptors (Lipinski definition) is 4. The van der Waals surface area contributed by atoms with Crippen LogP contribution < -0.4 is 5.32 Å². The highest BCUT2D eigenvalue weighted by atomic mass is 16.5. The van der Waals surface area contributed by atoms with Gasteiger partial charge in [-0.15, -0.1) is 0 Å². The first-order valence-corrected chi connectivity index (χ1v) is 7.74. The van der Waals surface area contributed by atoms with Crippen molar-refractivity contribution in [2.45, 2.75) is 18.8 Å². The fraction of sp³-hybridized carbons (Fsp3) is 0.211. The summed E-state index contributed by atoms with van der Waals surface area (Å²) in [6, 6.07) is 15.4. The Balaban J connectivity index is 2.03. The predicted molar refractivity (Wildman–Crippen MR) is 92.5 cm³/mol. The van der Waals surface area contributed by atoms with E-state index in [1.54, 1.807) is 24.3 Å². The Morgan fingerprint density at radius 3 is 2.20 bits per heavy atom. The van der Waals surface area contributed by atoms with Crippen molar-refractivity contribution in [2.75, 3.05) is 12.4 Å². The molecule has 6 nitrogen and oxygen atoms in total. The molecule has 130 valence electrons. The van der Waals surface area contributed by atoms with Crippen molar-refractivity contribution in [3.63, 3.8) is 0 Å². The number of aliphatic carboxylic acids is 1. The van der Waals surface area contributed by atoms with E-state index in [0.717, 1.165) is 5.56 Å². The zero-order chi connectivity index (χ0) is 18.2. The van der Waals surface area contributed by atoms with Crippen molar-refractivity contribution in [2.24, 2.45) is 0 Å². The van der Waals surface area contributed by atoms with Gasteiger partial charge in [0.15, 0.2) is 0 Å². The minimum absolute atomic E-state index is 0.0507. The van der Waals surface area contributed by atoms with Crippen LogP contribution in [-0.2, 0) is 14.3 Å². The van der Waals surface area contributed by atoms with Crippen LogP contribution in [0.2, 0.25) is 0 Å². The maximum atomic E-state index is 12.3. The van der Waals surface area contributed by atoms with E-state index in [1.165, 1.54) is 7.11 Å². The molecule has 1 unspecified atom stereocenters. The van der Waals surface area contributed by atoms with Gasteiger partial charge in [-0.05, 0) is 29.8 Å². The van der Waals surface area contributed by atoms with Crippen LogP contribution in [-0.4, -0.2) is 30.1 Å². The molecule has 2 N–H and O–H groups in total. The van der Waals surface area contributed by atoms with E-state index in [1.807, 2.05) is 30.3 Å². The quantitative estimate of drug-likeness (QED) is 0.755. The normalized spacial score (nSPS) is 11.4. The highest BCUT2D eigenvalue weighted by Gasteiger charge is 2.19. The molecule has 25 heavy (non-hydrogen) atoms. The van der Waals surface area contributed by atoms with Crippen molar-refractivity contribution in [1.82, 2.24) is 0 Å². The molecular weight excluding hydrogens is 322 g/mol. The maximum Gasteiger partial charge on any atom is 0.337 e. The number of esters is 1. The summed E-state index contributed by atoms with van der Waals surface area (Å²) in [5, 5.41) is 11.8. The molecule has 0 aromatic heterocycles. The maximum absolute atomic E-state index is 12.3. The molecule has 1 atom stereocenters. The van der Waals surface area contributed by atoms with Crippen molar-refractivity contribution in [1.29, 1.82) is 0 Å². The van der Waals surface area contributed by atoms with Gasteiger partial charge in [0.1, 0.15) is 0 Å². The summed E-state index contributed by atoms with van der Waals surface area (Å²) in [6.45, 7) is 0. The van der Waals surface area contributed by atoms with Crippen LogP contribution >= 0.6 is 0 Å². The van der Waals surface area contributed by atoms with E-state index in [2.05, 4.69) is 10.1 Å². The van der Waals surface area contributed by atoms with Crippen LogP contribution in [0.4, 0.5) is 5.69 Å². The van der Waals surface area contributed by atoms with Crippen molar-refractivity contribution >= 4 is 23.5 Å². The summed E-state index contributed by atoms with van der Waals surface area (Å²) >= 11 is 0. The minimum atomic E-state index is -0.955. The Hall–Kier alpha value is -3.15. The van der Waals surface area contributed by atoms with E-state index in [4.69, 9.17) is 5.11 Å². The number of hydrogen-bond donors (Lipinski definition) is 2. The molecule has 0 aliphatic heterocycles. The first-order chi connectivity index (χ1) is 12.0. The fourth-order valence-corrected chi connectivity index (χ4v) is 2.49. The van der Waals surface area contributed by atoms with Gasteiger partial charge in [-0.3, -0.25) is 9.59 Å². The lowest BCUT2D eigenvalue weighted by Crippen LogP contribution is -2.17. The fourth-order valence-electron chi connectivity index (χ4n) is 2.49. The van der Waals surface area contributed by atoms with E-state index in [9.17, 15) is 14.4 Å². The first-order valence-electron chi connectivity index (χ1n) is 7.74. The molecule has 1 amide bonds. The topological polar surface area (TPSA) is 92.7 Å². The number of carboxylic acids is 1. The zero-order valence-corrected chi connectivity index (χ0v) is 13.8. The Labute approximate surface area is 145 Å². The Morgan fingerprint density at radius 1 is 1.00 bits per heavy atom. The van der Waals surface area contributed by atoms with Gasteiger partial charge >= 0.3 is 11.9 Å². The van der Waals surface area contributed by atoms with Crippen LogP contribution in [0.25, 0.3) is 0 Å². The molecule has 6 heteroatoms. The molecule has 0 aliphatic rings. The molecule has 0 saturated heterocycles. The number of methoxy groups -OCH3 is 1. The van der Waals surface area contributed by atoms with Gasteiger partial charge in [-0.2, -0.15) is 0 Å². The number of anilines is 1. The van der Waals surface area contributed by atoms with E-state index < -0.39 is 17.9 Å². The SMILES string of the molecule is COC(=O)c1ccc(NC(=O)CC(CC(=O)O)c2ccccc2)cc1. The zero-order valence-electron chi connectivity index (χ0n) is 13.8. The number of rotatable bonds is 7. The number of carbonyl (C=O) groups excluding carboxylic acids is 2.